The number of nitrogens with one attached hydrogen (secondary N) is 2. The molecule has 2 aliphatic heterocycles. The van der Waals surface area contributed by atoms with E-state index >= 15 is 0 Å². The minimum absolute atomic E-state index is 0. The van der Waals surface area contributed by atoms with Crippen LogP contribution in [0.15, 0.2) is 29.6 Å². The van der Waals surface area contributed by atoms with Crippen molar-refractivity contribution in [2.24, 2.45) is 5.92 Å². The molecule has 1 fully saturated rings. The van der Waals surface area contributed by atoms with Gasteiger partial charge in [-0.05, 0) is 42.9 Å². The number of benzene rings is 1. The average Bonchev–Trinajstić information content (AvgIpc) is 3.08. The Morgan fingerprint density at radius 1 is 1.32 bits per heavy atom. The van der Waals surface area contributed by atoms with Crippen molar-refractivity contribution in [2.75, 3.05) is 18.4 Å². The van der Waals surface area contributed by atoms with Gasteiger partial charge in [-0.3, -0.25) is 9.69 Å². The van der Waals surface area contributed by atoms with Crippen molar-refractivity contribution in [3.8, 4) is 0 Å². The number of rotatable bonds is 4. The number of likely N-dealkylation sites (tertiary alicyclic amines) is 1. The molecule has 1 saturated heterocycles. The topological polar surface area (TPSA) is 57.3 Å². The van der Waals surface area contributed by atoms with Crippen LogP contribution in [-0.2, 0) is 24.3 Å². The predicted octanol–water partition coefficient (Wildman–Crippen LogP) is 3.87. The van der Waals surface area contributed by atoms with E-state index in [0.717, 1.165) is 44.2 Å². The number of hydrogen-bond acceptors (Lipinski definition) is 5. The molecule has 2 unspecified atom stereocenters. The molecule has 1 aromatic heterocycles. The van der Waals surface area contributed by atoms with Crippen molar-refractivity contribution < 1.29 is 4.79 Å². The van der Waals surface area contributed by atoms with Gasteiger partial charge in [0.1, 0.15) is 0 Å². The third-order valence-electron chi connectivity index (χ3n) is 5.31. The number of hydrogen-bond donors (Lipinski definition) is 2. The lowest BCUT2D eigenvalue weighted by atomic mass is 9.95. The van der Waals surface area contributed by atoms with Gasteiger partial charge in [-0.1, -0.05) is 31.2 Å². The SMILES string of the molecule is CC1CCCN(Cc2csc(NC(=O)C3Cc4ccccc4CN3)n2)C1.Cl.Cl. The standard InChI is InChI=1S/C20H26N4OS.2ClH/c1-14-5-4-8-24(11-14)12-17-13-26-20(22-17)23-19(25)18-9-15-6-2-3-7-16(15)10-21-18;;/h2-3,6-7,13-14,18,21H,4-5,8-12H2,1H3,(H,22,23,25);2*1H. The lowest BCUT2D eigenvalue weighted by Crippen LogP contribution is -2.44. The Bertz CT molecular complexity index is 785. The number of carbonyl (C=O) groups excluding carboxylic acids is 1. The highest BCUT2D eigenvalue weighted by Crippen LogP contribution is 2.22. The van der Waals surface area contributed by atoms with Gasteiger partial charge in [0.05, 0.1) is 11.7 Å². The highest BCUT2D eigenvalue weighted by molar-refractivity contribution is 7.13. The normalized spacial score (nSPS) is 21.8. The zero-order chi connectivity index (χ0) is 17.9. The first kappa shape index (κ1) is 23.1. The van der Waals surface area contributed by atoms with Crippen molar-refractivity contribution in [3.05, 3.63) is 46.5 Å². The Labute approximate surface area is 183 Å². The lowest BCUT2D eigenvalue weighted by molar-refractivity contribution is -0.118. The highest BCUT2D eigenvalue weighted by Gasteiger charge is 2.24. The summed E-state index contributed by atoms with van der Waals surface area (Å²) < 4.78 is 0. The quantitative estimate of drug-likeness (QED) is 0.754. The number of nitrogens with zero attached hydrogens (tertiary/aromatic N) is 2. The van der Waals surface area contributed by atoms with Crippen LogP contribution in [0.3, 0.4) is 0 Å². The Morgan fingerprint density at radius 3 is 2.89 bits per heavy atom. The molecule has 1 aromatic carbocycles. The second-order valence-corrected chi connectivity index (χ2v) is 8.38. The van der Waals surface area contributed by atoms with Crippen LogP contribution in [0, 0.1) is 5.92 Å². The minimum atomic E-state index is -0.194. The van der Waals surface area contributed by atoms with Gasteiger partial charge in [-0.25, -0.2) is 4.98 Å². The molecular weight excluding hydrogens is 415 g/mol. The zero-order valence-corrected chi connectivity index (χ0v) is 18.5. The van der Waals surface area contributed by atoms with Crippen molar-refractivity contribution in [1.29, 1.82) is 0 Å². The van der Waals surface area contributed by atoms with Crippen LogP contribution in [0.5, 0.6) is 0 Å². The lowest BCUT2D eigenvalue weighted by Gasteiger charge is -2.30. The second kappa shape index (κ2) is 10.6. The van der Waals surface area contributed by atoms with Gasteiger partial charge in [0.2, 0.25) is 5.91 Å². The number of halogens is 2. The summed E-state index contributed by atoms with van der Waals surface area (Å²) in [6.45, 7) is 6.23. The maximum Gasteiger partial charge on any atom is 0.243 e. The molecule has 0 bridgehead atoms. The van der Waals surface area contributed by atoms with E-state index in [1.165, 1.54) is 35.3 Å². The summed E-state index contributed by atoms with van der Waals surface area (Å²) in [6.07, 6.45) is 3.32. The van der Waals surface area contributed by atoms with E-state index in [9.17, 15) is 4.79 Å². The van der Waals surface area contributed by atoms with Crippen molar-refractivity contribution in [1.82, 2.24) is 15.2 Å². The van der Waals surface area contributed by atoms with Gasteiger partial charge < -0.3 is 10.6 Å². The first-order valence-corrected chi connectivity index (χ1v) is 10.3. The van der Waals surface area contributed by atoms with Crippen LogP contribution >= 0.6 is 36.2 Å². The number of piperidine rings is 1. The summed E-state index contributed by atoms with van der Waals surface area (Å²) in [5.74, 6) is 0.772. The molecule has 2 aromatic rings. The summed E-state index contributed by atoms with van der Waals surface area (Å²) in [4.78, 5) is 19.7. The number of fused-ring (bicyclic) bond motifs is 1. The summed E-state index contributed by atoms with van der Waals surface area (Å²) in [6, 6.07) is 8.11. The smallest absolute Gasteiger partial charge is 0.243 e. The Morgan fingerprint density at radius 2 is 2.11 bits per heavy atom. The van der Waals surface area contributed by atoms with E-state index in [2.05, 4.69) is 45.0 Å². The third-order valence-corrected chi connectivity index (χ3v) is 6.11. The molecule has 1 amide bonds. The highest BCUT2D eigenvalue weighted by atomic mass is 35.5. The number of amides is 1. The van der Waals surface area contributed by atoms with Crippen molar-refractivity contribution >= 4 is 47.2 Å². The van der Waals surface area contributed by atoms with Gasteiger partial charge in [-0.15, -0.1) is 36.2 Å². The predicted molar refractivity (Wildman–Crippen MR) is 120 cm³/mol. The van der Waals surface area contributed by atoms with Crippen molar-refractivity contribution in [2.45, 2.75) is 45.3 Å². The van der Waals surface area contributed by atoms with E-state index in [1.54, 1.807) is 0 Å². The molecule has 2 N–H and O–H groups in total. The molecule has 8 heteroatoms. The fourth-order valence-electron chi connectivity index (χ4n) is 3.93. The van der Waals surface area contributed by atoms with Gasteiger partial charge >= 0.3 is 0 Å². The van der Waals surface area contributed by atoms with E-state index < -0.39 is 0 Å². The van der Waals surface area contributed by atoms with Crippen LogP contribution in [0.1, 0.15) is 36.6 Å². The van der Waals surface area contributed by atoms with Gasteiger partial charge in [0, 0.05) is 25.0 Å². The Balaban J connectivity index is 0.00000140. The number of aromatic nitrogens is 1. The maximum absolute atomic E-state index is 12.6. The van der Waals surface area contributed by atoms with E-state index in [1.807, 2.05) is 12.1 Å². The van der Waals surface area contributed by atoms with Crippen LogP contribution in [0.4, 0.5) is 5.13 Å². The molecule has 28 heavy (non-hydrogen) atoms. The Kier molecular flexibility index (Phi) is 8.71. The summed E-state index contributed by atoms with van der Waals surface area (Å²) in [7, 11) is 0. The van der Waals surface area contributed by atoms with Gasteiger partial charge in [0.15, 0.2) is 5.13 Å². The fourth-order valence-corrected chi connectivity index (χ4v) is 4.63. The number of carbonyl (C=O) groups is 1. The first-order valence-electron chi connectivity index (χ1n) is 9.45. The molecule has 0 radical (unpaired) electrons. The number of thiazole rings is 1. The Hall–Kier alpha value is -1.18. The monoisotopic (exact) mass is 442 g/mol. The van der Waals surface area contributed by atoms with Crippen LogP contribution in [-0.4, -0.2) is 34.9 Å². The summed E-state index contributed by atoms with van der Waals surface area (Å²) >= 11 is 1.52. The maximum atomic E-state index is 12.6. The summed E-state index contributed by atoms with van der Waals surface area (Å²) in [5.41, 5.74) is 3.59. The third kappa shape index (κ3) is 5.67. The largest absolute Gasteiger partial charge is 0.301 e. The molecule has 2 atom stereocenters. The van der Waals surface area contributed by atoms with Crippen molar-refractivity contribution in [3.63, 3.8) is 0 Å². The minimum Gasteiger partial charge on any atom is -0.301 e. The van der Waals surface area contributed by atoms with E-state index in [0.29, 0.717) is 5.13 Å². The van der Waals surface area contributed by atoms with Crippen LogP contribution in [0.25, 0.3) is 0 Å². The van der Waals surface area contributed by atoms with E-state index in [-0.39, 0.29) is 36.8 Å². The zero-order valence-electron chi connectivity index (χ0n) is 16.0. The molecular formula is C20H28Cl2N4OS. The van der Waals surface area contributed by atoms with Gasteiger partial charge in [0.25, 0.3) is 0 Å². The van der Waals surface area contributed by atoms with Crippen LogP contribution in [0.2, 0.25) is 0 Å². The van der Waals surface area contributed by atoms with E-state index in [4.69, 9.17) is 0 Å². The number of anilines is 1. The van der Waals surface area contributed by atoms with Gasteiger partial charge in [-0.2, -0.15) is 0 Å². The van der Waals surface area contributed by atoms with Crippen LogP contribution < -0.4 is 10.6 Å². The first-order chi connectivity index (χ1) is 12.7. The molecule has 0 saturated carbocycles. The molecule has 2 aliphatic rings. The molecule has 0 aliphatic carbocycles. The molecule has 154 valence electrons. The molecule has 0 spiro atoms. The molecule has 4 rings (SSSR count). The average molecular weight is 443 g/mol. The molecule has 3 heterocycles. The molecule has 5 nitrogen and oxygen atoms in total. The fraction of sp³-hybridized carbons (Fsp3) is 0.500. The second-order valence-electron chi connectivity index (χ2n) is 7.52. The summed E-state index contributed by atoms with van der Waals surface area (Å²) in [5, 5.41) is 9.10.